The lowest BCUT2D eigenvalue weighted by molar-refractivity contribution is 0.176. The molecule has 6 heteroatoms. The molecule has 2 N–H and O–H groups in total. The predicted octanol–water partition coefficient (Wildman–Crippen LogP) is 2.04. The quantitative estimate of drug-likeness (QED) is 0.755. The lowest BCUT2D eigenvalue weighted by Crippen LogP contribution is -2.44. The summed E-state index contributed by atoms with van der Waals surface area (Å²) in [6.45, 7) is 0.777. The predicted molar refractivity (Wildman–Crippen MR) is 77.5 cm³/mol. The van der Waals surface area contributed by atoms with Gasteiger partial charge < -0.3 is 10.1 Å². The summed E-state index contributed by atoms with van der Waals surface area (Å²) in [4.78, 5) is 15.6. The number of carbonyl (C=O) groups excluding carboxylic acids is 1. The summed E-state index contributed by atoms with van der Waals surface area (Å²) in [6, 6.07) is 8.30. The topological polar surface area (TPSA) is 62.7 Å². The Kier molecular flexibility index (Phi) is 4.40. The molecule has 1 atom stereocenters. The van der Waals surface area contributed by atoms with Gasteiger partial charge in [0.25, 0.3) is 0 Å². The normalized spacial score (nSPS) is 18.6. The summed E-state index contributed by atoms with van der Waals surface area (Å²) in [7, 11) is 1.33. The molecule has 0 spiro atoms. The number of methoxy groups -OCH3 is 1. The molecular weight excluding hydrogens is 345 g/mol. The molecule has 1 amide bonds. The molecule has 0 radical (unpaired) electrons. The van der Waals surface area contributed by atoms with Crippen molar-refractivity contribution in [3.63, 3.8) is 0 Å². The number of benzene rings is 1. The Labute approximate surface area is 119 Å². The molecular formula is C12H14IN3O2. The molecule has 0 fully saturated rings. The van der Waals surface area contributed by atoms with Crippen LogP contribution in [0.2, 0.25) is 0 Å². The summed E-state index contributed by atoms with van der Waals surface area (Å²) < 4.78 is 5.72. The molecule has 0 saturated carbocycles. The largest absolute Gasteiger partial charge is 0.453 e. The van der Waals surface area contributed by atoms with Gasteiger partial charge in [0, 0.05) is 10.1 Å². The fourth-order valence-corrected chi connectivity index (χ4v) is 2.34. The Balaban J connectivity index is 2.14. The van der Waals surface area contributed by atoms with Gasteiger partial charge in [-0.3, -0.25) is 5.32 Å². The van der Waals surface area contributed by atoms with Crippen LogP contribution in [0.3, 0.4) is 0 Å². The Bertz CT molecular complexity index is 476. The van der Waals surface area contributed by atoms with Crippen molar-refractivity contribution in [2.24, 2.45) is 4.99 Å². The number of hydrogen-bond donors (Lipinski definition) is 2. The Morgan fingerprint density at radius 3 is 3.17 bits per heavy atom. The van der Waals surface area contributed by atoms with Crippen molar-refractivity contribution in [1.29, 1.82) is 0 Å². The first kappa shape index (κ1) is 13.1. The number of halogens is 1. The van der Waals surface area contributed by atoms with Gasteiger partial charge in [-0.2, -0.15) is 0 Å². The van der Waals surface area contributed by atoms with Gasteiger partial charge in [0.1, 0.15) is 0 Å². The Morgan fingerprint density at radius 1 is 1.61 bits per heavy atom. The van der Waals surface area contributed by atoms with E-state index >= 15 is 0 Å². The molecule has 0 aliphatic carbocycles. The maximum absolute atomic E-state index is 11.1. The van der Waals surface area contributed by atoms with E-state index < -0.39 is 6.09 Å². The van der Waals surface area contributed by atoms with Crippen molar-refractivity contribution >= 4 is 34.6 Å². The summed E-state index contributed by atoms with van der Waals surface area (Å²) in [6.07, 6.45) is 0.399. The van der Waals surface area contributed by atoms with Crippen molar-refractivity contribution in [2.75, 3.05) is 13.7 Å². The highest BCUT2D eigenvalue weighted by Gasteiger charge is 2.17. The maximum atomic E-state index is 11.1. The van der Waals surface area contributed by atoms with Crippen LogP contribution < -0.4 is 10.6 Å². The Hall–Kier alpha value is -1.31. The van der Waals surface area contributed by atoms with Crippen LogP contribution in [0, 0.1) is 3.57 Å². The summed E-state index contributed by atoms with van der Waals surface area (Å²) in [5.74, 6) is 0.469. The van der Waals surface area contributed by atoms with Crippen LogP contribution in [0.25, 0.3) is 0 Å². The van der Waals surface area contributed by atoms with Crippen LogP contribution in [0.4, 0.5) is 4.79 Å². The van der Waals surface area contributed by atoms with E-state index in [4.69, 9.17) is 0 Å². The number of ether oxygens (including phenoxy) is 1. The molecule has 1 aliphatic heterocycles. The molecule has 1 heterocycles. The van der Waals surface area contributed by atoms with Crippen molar-refractivity contribution in [3.8, 4) is 0 Å². The van der Waals surface area contributed by atoms with Gasteiger partial charge in [0.2, 0.25) is 5.96 Å². The first-order valence-electron chi connectivity index (χ1n) is 5.61. The van der Waals surface area contributed by atoms with Crippen LogP contribution in [0.1, 0.15) is 18.0 Å². The van der Waals surface area contributed by atoms with Crippen molar-refractivity contribution < 1.29 is 9.53 Å². The second-order valence-electron chi connectivity index (χ2n) is 3.88. The lowest BCUT2D eigenvalue weighted by atomic mass is 10.0. The lowest BCUT2D eigenvalue weighted by Gasteiger charge is -2.22. The number of nitrogens with one attached hydrogen (secondary N) is 2. The number of hydrogen-bond acceptors (Lipinski definition) is 4. The van der Waals surface area contributed by atoms with E-state index in [-0.39, 0.29) is 6.04 Å². The highest BCUT2D eigenvalue weighted by molar-refractivity contribution is 14.1. The van der Waals surface area contributed by atoms with E-state index in [1.165, 1.54) is 10.7 Å². The van der Waals surface area contributed by atoms with Gasteiger partial charge in [-0.05, 0) is 46.7 Å². The van der Waals surface area contributed by atoms with Crippen LogP contribution >= 0.6 is 22.6 Å². The molecule has 1 aliphatic rings. The third-order valence-corrected chi connectivity index (χ3v) is 3.31. The molecule has 0 bridgehead atoms. The van der Waals surface area contributed by atoms with Crippen LogP contribution in [-0.2, 0) is 4.74 Å². The molecule has 1 aromatic carbocycles. The Morgan fingerprint density at radius 2 is 2.44 bits per heavy atom. The van der Waals surface area contributed by atoms with E-state index in [1.54, 1.807) is 0 Å². The van der Waals surface area contributed by atoms with Gasteiger partial charge in [-0.15, -0.1) is 0 Å². The number of aliphatic imine (C=N–C) groups is 1. The fourth-order valence-electron chi connectivity index (χ4n) is 1.77. The average molecular weight is 359 g/mol. The number of amides is 1. The number of guanidine groups is 1. The third kappa shape index (κ3) is 3.34. The average Bonchev–Trinajstić information content (AvgIpc) is 2.39. The van der Waals surface area contributed by atoms with E-state index in [9.17, 15) is 4.79 Å². The molecule has 96 valence electrons. The number of alkyl carbamates (subject to hydrolysis) is 1. The van der Waals surface area contributed by atoms with Gasteiger partial charge in [0.05, 0.1) is 13.2 Å². The zero-order valence-electron chi connectivity index (χ0n) is 9.94. The standard InChI is InChI=1S/C12H14IN3O2/c1-18-12(17)16-11-14-6-5-10(15-11)8-3-2-4-9(13)7-8/h2-4,7,10H,5-6H2,1H3,(H2,14,15,16,17). The number of nitrogens with zero attached hydrogens (tertiary/aromatic N) is 1. The zero-order chi connectivity index (χ0) is 13.0. The van der Waals surface area contributed by atoms with E-state index in [0.717, 1.165) is 18.5 Å². The summed E-state index contributed by atoms with van der Waals surface area (Å²) >= 11 is 2.28. The van der Waals surface area contributed by atoms with Gasteiger partial charge >= 0.3 is 6.09 Å². The maximum Gasteiger partial charge on any atom is 0.413 e. The minimum absolute atomic E-state index is 0.0770. The van der Waals surface area contributed by atoms with Crippen molar-refractivity contribution in [2.45, 2.75) is 12.5 Å². The smallest absolute Gasteiger partial charge is 0.413 e. The number of rotatable bonds is 1. The second kappa shape index (κ2) is 6.03. The monoisotopic (exact) mass is 359 g/mol. The summed E-state index contributed by atoms with van der Waals surface area (Å²) in [5.41, 5.74) is 1.16. The third-order valence-electron chi connectivity index (χ3n) is 2.63. The molecule has 1 aromatic rings. The SMILES string of the molecule is COC(=O)NC1=NC(c2cccc(I)c2)CCN1. The van der Waals surface area contributed by atoms with Gasteiger partial charge in [-0.25, -0.2) is 9.79 Å². The minimum atomic E-state index is -0.510. The van der Waals surface area contributed by atoms with E-state index in [0.29, 0.717) is 5.96 Å². The van der Waals surface area contributed by atoms with Gasteiger partial charge in [0.15, 0.2) is 0 Å². The zero-order valence-corrected chi connectivity index (χ0v) is 12.1. The minimum Gasteiger partial charge on any atom is -0.453 e. The first-order valence-corrected chi connectivity index (χ1v) is 6.69. The fraction of sp³-hybridized carbons (Fsp3) is 0.333. The molecule has 2 rings (SSSR count). The molecule has 1 unspecified atom stereocenters. The van der Waals surface area contributed by atoms with Crippen molar-refractivity contribution in [1.82, 2.24) is 10.6 Å². The molecule has 5 nitrogen and oxygen atoms in total. The summed E-state index contributed by atoms with van der Waals surface area (Å²) in [5, 5.41) is 5.59. The second-order valence-corrected chi connectivity index (χ2v) is 5.13. The van der Waals surface area contributed by atoms with Crippen molar-refractivity contribution in [3.05, 3.63) is 33.4 Å². The highest BCUT2D eigenvalue weighted by Crippen LogP contribution is 2.24. The van der Waals surface area contributed by atoms with Crippen LogP contribution in [0.5, 0.6) is 0 Å². The highest BCUT2D eigenvalue weighted by atomic mass is 127. The van der Waals surface area contributed by atoms with Crippen LogP contribution in [-0.4, -0.2) is 25.7 Å². The van der Waals surface area contributed by atoms with E-state index in [2.05, 4.69) is 55.1 Å². The molecule has 0 aromatic heterocycles. The van der Waals surface area contributed by atoms with Crippen LogP contribution in [0.15, 0.2) is 29.3 Å². The molecule has 18 heavy (non-hydrogen) atoms. The first-order chi connectivity index (χ1) is 8.69. The van der Waals surface area contributed by atoms with Gasteiger partial charge in [-0.1, -0.05) is 12.1 Å². The molecule has 0 saturated heterocycles. The number of carbonyl (C=O) groups is 1. The van der Waals surface area contributed by atoms with E-state index in [1.807, 2.05) is 12.1 Å².